The molecule has 0 aliphatic heterocycles. The SMILES string of the molecule is CC(CC(N)=O)NC(C1CC1)C1CC1. The normalized spacial score (nSPS) is 23.9. The van der Waals surface area contributed by atoms with Crippen molar-refractivity contribution in [3.63, 3.8) is 0 Å². The molecule has 3 N–H and O–H groups in total. The van der Waals surface area contributed by atoms with Crippen LogP contribution in [0.5, 0.6) is 0 Å². The molecule has 1 amide bonds. The molecule has 3 heteroatoms. The predicted molar refractivity (Wildman–Crippen MR) is 55.6 cm³/mol. The summed E-state index contributed by atoms with van der Waals surface area (Å²) in [6, 6.07) is 0.919. The molecular weight excluding hydrogens is 176 g/mol. The molecule has 0 aromatic rings. The van der Waals surface area contributed by atoms with Crippen molar-refractivity contribution < 1.29 is 4.79 Å². The van der Waals surface area contributed by atoms with E-state index in [0.29, 0.717) is 12.5 Å². The summed E-state index contributed by atoms with van der Waals surface area (Å²) in [6.07, 6.45) is 5.96. The van der Waals surface area contributed by atoms with Crippen molar-refractivity contribution in [2.75, 3.05) is 0 Å². The van der Waals surface area contributed by atoms with Gasteiger partial charge < -0.3 is 11.1 Å². The average molecular weight is 196 g/mol. The highest BCUT2D eigenvalue weighted by atomic mass is 16.1. The summed E-state index contributed by atoms with van der Waals surface area (Å²) in [5, 5.41) is 3.57. The molecule has 1 unspecified atom stereocenters. The molecule has 1 atom stereocenters. The number of carbonyl (C=O) groups excluding carboxylic acids is 1. The fourth-order valence-electron chi connectivity index (χ4n) is 2.26. The summed E-state index contributed by atoms with van der Waals surface area (Å²) >= 11 is 0. The second-order valence-corrected chi connectivity index (χ2v) is 4.94. The topological polar surface area (TPSA) is 55.1 Å². The monoisotopic (exact) mass is 196 g/mol. The van der Waals surface area contributed by atoms with Crippen molar-refractivity contribution in [1.29, 1.82) is 0 Å². The van der Waals surface area contributed by atoms with Crippen LogP contribution in [0.2, 0.25) is 0 Å². The number of nitrogens with one attached hydrogen (secondary N) is 1. The Bertz CT molecular complexity index is 209. The Labute approximate surface area is 85.4 Å². The zero-order valence-electron chi connectivity index (χ0n) is 8.83. The average Bonchev–Trinajstić information content (AvgIpc) is 2.94. The Hall–Kier alpha value is -0.570. The van der Waals surface area contributed by atoms with E-state index in [0.717, 1.165) is 11.8 Å². The highest BCUT2D eigenvalue weighted by molar-refractivity contribution is 5.74. The van der Waals surface area contributed by atoms with Gasteiger partial charge in [-0.05, 0) is 44.4 Å². The van der Waals surface area contributed by atoms with E-state index in [4.69, 9.17) is 5.73 Å². The summed E-state index contributed by atoms with van der Waals surface area (Å²) < 4.78 is 0. The van der Waals surface area contributed by atoms with Crippen LogP contribution in [0.25, 0.3) is 0 Å². The summed E-state index contributed by atoms with van der Waals surface area (Å²) in [5.74, 6) is 1.57. The highest BCUT2D eigenvalue weighted by Crippen LogP contribution is 2.44. The van der Waals surface area contributed by atoms with E-state index in [1.165, 1.54) is 25.7 Å². The largest absolute Gasteiger partial charge is 0.370 e. The molecule has 0 aromatic carbocycles. The Balaban J connectivity index is 1.77. The van der Waals surface area contributed by atoms with Crippen LogP contribution >= 0.6 is 0 Å². The van der Waals surface area contributed by atoms with Gasteiger partial charge in [0.25, 0.3) is 0 Å². The smallest absolute Gasteiger partial charge is 0.218 e. The van der Waals surface area contributed by atoms with Crippen LogP contribution in [0, 0.1) is 11.8 Å². The fourth-order valence-corrected chi connectivity index (χ4v) is 2.26. The van der Waals surface area contributed by atoms with E-state index in [1.54, 1.807) is 0 Å². The van der Waals surface area contributed by atoms with Gasteiger partial charge in [-0.25, -0.2) is 0 Å². The van der Waals surface area contributed by atoms with E-state index in [-0.39, 0.29) is 11.9 Å². The minimum Gasteiger partial charge on any atom is -0.370 e. The molecule has 0 bridgehead atoms. The molecule has 0 aromatic heterocycles. The molecule has 2 saturated carbocycles. The first-order chi connectivity index (χ1) is 6.66. The van der Waals surface area contributed by atoms with Gasteiger partial charge in [-0.3, -0.25) is 4.79 Å². The molecular formula is C11H20N2O. The molecule has 14 heavy (non-hydrogen) atoms. The first-order valence-corrected chi connectivity index (χ1v) is 5.71. The Morgan fingerprint density at radius 3 is 2.21 bits per heavy atom. The van der Waals surface area contributed by atoms with E-state index in [2.05, 4.69) is 12.2 Å². The first-order valence-electron chi connectivity index (χ1n) is 5.71. The minimum atomic E-state index is -0.199. The van der Waals surface area contributed by atoms with E-state index in [1.807, 2.05) is 0 Å². The number of hydrogen-bond donors (Lipinski definition) is 2. The van der Waals surface area contributed by atoms with Crippen molar-refractivity contribution in [2.24, 2.45) is 17.6 Å². The second kappa shape index (κ2) is 3.89. The van der Waals surface area contributed by atoms with Crippen LogP contribution in [-0.4, -0.2) is 18.0 Å². The number of hydrogen-bond acceptors (Lipinski definition) is 2. The quantitative estimate of drug-likeness (QED) is 0.666. The molecule has 2 fully saturated rings. The van der Waals surface area contributed by atoms with Gasteiger partial charge in [0, 0.05) is 18.5 Å². The van der Waals surface area contributed by atoms with Gasteiger partial charge >= 0.3 is 0 Å². The molecule has 80 valence electrons. The lowest BCUT2D eigenvalue weighted by Crippen LogP contribution is -2.41. The van der Waals surface area contributed by atoms with Crippen molar-refractivity contribution in [2.45, 2.75) is 51.1 Å². The molecule has 0 heterocycles. The third kappa shape index (κ3) is 2.71. The van der Waals surface area contributed by atoms with Gasteiger partial charge in [0.1, 0.15) is 0 Å². The Morgan fingerprint density at radius 2 is 1.86 bits per heavy atom. The second-order valence-electron chi connectivity index (χ2n) is 4.94. The molecule has 0 radical (unpaired) electrons. The zero-order valence-corrected chi connectivity index (χ0v) is 8.83. The Morgan fingerprint density at radius 1 is 1.36 bits per heavy atom. The van der Waals surface area contributed by atoms with Crippen molar-refractivity contribution in [3.8, 4) is 0 Å². The molecule has 3 nitrogen and oxygen atoms in total. The Kier molecular flexibility index (Phi) is 2.77. The van der Waals surface area contributed by atoms with Gasteiger partial charge in [0.15, 0.2) is 0 Å². The maximum atomic E-state index is 10.7. The standard InChI is InChI=1S/C11H20N2O/c1-7(6-10(12)14)13-11(8-2-3-8)9-4-5-9/h7-9,11,13H,2-6H2,1H3,(H2,12,14). The van der Waals surface area contributed by atoms with Gasteiger partial charge in [0.2, 0.25) is 5.91 Å². The number of primary amides is 1. The number of carbonyl (C=O) groups is 1. The van der Waals surface area contributed by atoms with Gasteiger partial charge in [-0.2, -0.15) is 0 Å². The van der Waals surface area contributed by atoms with Crippen molar-refractivity contribution in [1.82, 2.24) is 5.32 Å². The van der Waals surface area contributed by atoms with E-state index in [9.17, 15) is 4.79 Å². The third-order valence-corrected chi connectivity index (χ3v) is 3.24. The van der Waals surface area contributed by atoms with Crippen LogP contribution in [0.15, 0.2) is 0 Å². The van der Waals surface area contributed by atoms with E-state index < -0.39 is 0 Å². The van der Waals surface area contributed by atoms with Gasteiger partial charge in [-0.1, -0.05) is 0 Å². The lowest BCUT2D eigenvalue weighted by molar-refractivity contribution is -0.118. The van der Waals surface area contributed by atoms with Crippen molar-refractivity contribution in [3.05, 3.63) is 0 Å². The minimum absolute atomic E-state index is 0.199. The highest BCUT2D eigenvalue weighted by Gasteiger charge is 2.41. The van der Waals surface area contributed by atoms with E-state index >= 15 is 0 Å². The maximum absolute atomic E-state index is 10.7. The number of nitrogens with two attached hydrogens (primary N) is 1. The molecule has 2 aliphatic carbocycles. The van der Waals surface area contributed by atoms with Crippen LogP contribution in [0.3, 0.4) is 0 Å². The summed E-state index contributed by atoms with van der Waals surface area (Å²) in [6.45, 7) is 2.06. The van der Waals surface area contributed by atoms with Crippen LogP contribution < -0.4 is 11.1 Å². The lowest BCUT2D eigenvalue weighted by atomic mass is 10.1. The molecule has 2 aliphatic rings. The zero-order chi connectivity index (χ0) is 10.1. The third-order valence-electron chi connectivity index (χ3n) is 3.24. The molecule has 2 rings (SSSR count). The summed E-state index contributed by atoms with van der Waals surface area (Å²) in [5.41, 5.74) is 5.17. The van der Waals surface area contributed by atoms with Gasteiger partial charge in [-0.15, -0.1) is 0 Å². The number of rotatable bonds is 6. The fraction of sp³-hybridized carbons (Fsp3) is 0.909. The number of amides is 1. The maximum Gasteiger partial charge on any atom is 0.218 e. The molecule has 0 saturated heterocycles. The molecule has 0 spiro atoms. The van der Waals surface area contributed by atoms with Crippen LogP contribution in [0.4, 0.5) is 0 Å². The van der Waals surface area contributed by atoms with Crippen molar-refractivity contribution >= 4 is 5.91 Å². The summed E-state index contributed by atoms with van der Waals surface area (Å²) in [7, 11) is 0. The van der Waals surface area contributed by atoms with Crippen LogP contribution in [0.1, 0.15) is 39.0 Å². The van der Waals surface area contributed by atoms with Crippen LogP contribution in [-0.2, 0) is 4.79 Å². The summed E-state index contributed by atoms with van der Waals surface area (Å²) in [4.78, 5) is 10.7. The predicted octanol–water partition coefficient (Wildman–Crippen LogP) is 1.03. The lowest BCUT2D eigenvalue weighted by Gasteiger charge is -2.22. The van der Waals surface area contributed by atoms with Gasteiger partial charge in [0.05, 0.1) is 0 Å². The first kappa shape index (κ1) is 9.97.